The Morgan fingerprint density at radius 1 is 1.16 bits per heavy atom. The molecule has 0 unspecified atom stereocenters. The summed E-state index contributed by atoms with van der Waals surface area (Å²) in [7, 11) is 3.60. The number of nitrogens with two attached hydrogens (primary N) is 1. The van der Waals surface area contributed by atoms with Crippen LogP contribution in [0.5, 0.6) is 0 Å². The molecule has 0 saturated heterocycles. The third kappa shape index (κ3) is 8.08. The van der Waals surface area contributed by atoms with Crippen molar-refractivity contribution < 1.29 is 14.3 Å². The average molecular weight is 570 g/mol. The maximum Gasteiger partial charge on any atom is 0.374 e. The maximum absolute atomic E-state index is 11.6. The number of rotatable bonds is 3. The van der Waals surface area contributed by atoms with Crippen molar-refractivity contribution >= 4 is 66.0 Å². The standard InChI is InChI=1S/C10H9BrN2O.C7H9BrN2.C5H8O3/c1-6-10(14)13(2)9-5-7(11)3-4-8(9)12-6;1-10-7-4-5(8)2-3-6(7)9;1-3-8-5(7)4(2)6/h3-5H,1-2H3;2-4,10H,9H2,1H3;3H2,1-2H3. The Labute approximate surface area is 203 Å². The van der Waals surface area contributed by atoms with Gasteiger partial charge in [-0.3, -0.25) is 9.59 Å². The number of ketones is 1. The SMILES string of the molecule is CCOC(=O)C(C)=O.CNc1cc(Br)ccc1N.Cc1nc2ccc(Br)cc2n(C)c1=O. The molecule has 0 saturated carbocycles. The van der Waals surface area contributed by atoms with E-state index >= 15 is 0 Å². The van der Waals surface area contributed by atoms with Gasteiger partial charge in [0.05, 0.1) is 29.0 Å². The van der Waals surface area contributed by atoms with E-state index in [-0.39, 0.29) is 12.2 Å². The first kappa shape index (κ1) is 27.3. The Morgan fingerprint density at radius 2 is 1.75 bits per heavy atom. The van der Waals surface area contributed by atoms with E-state index in [0.717, 1.165) is 31.4 Å². The number of ether oxygens (including phenoxy) is 1. The fraction of sp³-hybridized carbons (Fsp3) is 0.273. The molecule has 3 N–H and O–H groups in total. The number of hydrogen-bond donors (Lipinski definition) is 2. The number of aromatic nitrogens is 2. The highest BCUT2D eigenvalue weighted by atomic mass is 79.9. The largest absolute Gasteiger partial charge is 0.460 e. The highest BCUT2D eigenvalue weighted by Gasteiger charge is 2.05. The second-order valence-corrected chi connectivity index (χ2v) is 8.28. The maximum atomic E-state index is 11.6. The highest BCUT2D eigenvalue weighted by Crippen LogP contribution is 2.22. The van der Waals surface area contributed by atoms with Crippen molar-refractivity contribution in [1.82, 2.24) is 9.55 Å². The Bertz CT molecular complexity index is 1160. The molecule has 0 spiro atoms. The molecule has 0 aliphatic rings. The van der Waals surface area contributed by atoms with Crippen LogP contribution in [0.1, 0.15) is 19.5 Å². The summed E-state index contributed by atoms with van der Waals surface area (Å²) in [6, 6.07) is 11.4. The number of benzene rings is 2. The monoisotopic (exact) mass is 568 g/mol. The Balaban J connectivity index is 0.000000253. The van der Waals surface area contributed by atoms with Gasteiger partial charge in [-0.15, -0.1) is 0 Å². The van der Waals surface area contributed by atoms with Crippen LogP contribution < -0.4 is 16.6 Å². The molecule has 32 heavy (non-hydrogen) atoms. The Hall–Kier alpha value is -2.72. The first-order valence-electron chi connectivity index (χ1n) is 9.55. The number of hydrogen-bond acceptors (Lipinski definition) is 7. The smallest absolute Gasteiger partial charge is 0.374 e. The number of aryl methyl sites for hydroxylation is 2. The lowest BCUT2D eigenvalue weighted by Gasteiger charge is -2.05. The van der Waals surface area contributed by atoms with Gasteiger partial charge in [-0.05, 0) is 50.2 Å². The van der Waals surface area contributed by atoms with Gasteiger partial charge in [0.25, 0.3) is 5.56 Å². The molecule has 0 aliphatic carbocycles. The minimum Gasteiger partial charge on any atom is -0.460 e. The summed E-state index contributed by atoms with van der Waals surface area (Å²) in [5.41, 5.74) is 9.51. The van der Waals surface area contributed by atoms with Crippen LogP contribution in [-0.2, 0) is 21.4 Å². The first-order chi connectivity index (χ1) is 15.0. The van der Waals surface area contributed by atoms with Crippen molar-refractivity contribution in [2.24, 2.45) is 7.05 Å². The van der Waals surface area contributed by atoms with E-state index in [9.17, 15) is 14.4 Å². The zero-order chi connectivity index (χ0) is 24.4. The minimum absolute atomic E-state index is 0.0457. The summed E-state index contributed by atoms with van der Waals surface area (Å²) in [5, 5.41) is 2.98. The van der Waals surface area contributed by atoms with E-state index in [1.54, 1.807) is 25.5 Å². The molecule has 0 aliphatic heterocycles. The predicted molar refractivity (Wildman–Crippen MR) is 135 cm³/mol. The minimum atomic E-state index is -0.757. The van der Waals surface area contributed by atoms with Crippen molar-refractivity contribution in [3.63, 3.8) is 0 Å². The van der Waals surface area contributed by atoms with Crippen LogP contribution in [0.4, 0.5) is 11.4 Å². The second kappa shape index (κ2) is 13.0. The number of fused-ring (bicyclic) bond motifs is 1. The number of nitrogens with one attached hydrogen (secondary N) is 1. The number of halogens is 2. The molecular formula is C22H26Br2N4O4. The lowest BCUT2D eigenvalue weighted by molar-refractivity contribution is -0.152. The van der Waals surface area contributed by atoms with E-state index in [1.807, 2.05) is 43.4 Å². The van der Waals surface area contributed by atoms with Gasteiger partial charge >= 0.3 is 5.97 Å². The van der Waals surface area contributed by atoms with Crippen LogP contribution in [0, 0.1) is 6.92 Å². The molecule has 0 radical (unpaired) electrons. The number of nitrogens with zero attached hydrogens (tertiary/aromatic N) is 2. The number of carbonyl (C=O) groups excluding carboxylic acids is 2. The fourth-order valence-corrected chi connectivity index (χ4v) is 3.13. The zero-order valence-electron chi connectivity index (χ0n) is 18.5. The third-order valence-electron chi connectivity index (χ3n) is 4.05. The zero-order valence-corrected chi connectivity index (χ0v) is 21.7. The van der Waals surface area contributed by atoms with Crippen LogP contribution in [-0.4, -0.2) is 35.0 Å². The molecule has 1 aromatic heterocycles. The summed E-state index contributed by atoms with van der Waals surface area (Å²) in [6.07, 6.45) is 0. The molecule has 10 heteroatoms. The van der Waals surface area contributed by atoms with Crippen LogP contribution in [0.25, 0.3) is 11.0 Å². The van der Waals surface area contributed by atoms with Gasteiger partial charge in [0.15, 0.2) is 0 Å². The summed E-state index contributed by atoms with van der Waals surface area (Å²) in [4.78, 5) is 36.0. The van der Waals surface area contributed by atoms with Crippen LogP contribution >= 0.6 is 31.9 Å². The molecule has 1 heterocycles. The van der Waals surface area contributed by atoms with Gasteiger partial charge < -0.3 is 20.4 Å². The molecule has 8 nitrogen and oxygen atoms in total. The van der Waals surface area contributed by atoms with Crippen LogP contribution in [0.15, 0.2) is 50.1 Å². The van der Waals surface area contributed by atoms with Crippen molar-refractivity contribution in [1.29, 1.82) is 0 Å². The highest BCUT2D eigenvalue weighted by molar-refractivity contribution is 9.10. The molecule has 0 fully saturated rings. The molecule has 0 amide bonds. The van der Waals surface area contributed by atoms with E-state index in [0.29, 0.717) is 5.69 Å². The molecule has 0 atom stereocenters. The molecule has 0 bridgehead atoms. The molecular weight excluding hydrogens is 544 g/mol. The van der Waals surface area contributed by atoms with Crippen molar-refractivity contribution in [2.45, 2.75) is 20.8 Å². The van der Waals surface area contributed by atoms with Crippen molar-refractivity contribution in [3.8, 4) is 0 Å². The number of Topliss-reactive ketones (excluding diaryl/α,β-unsaturated/α-hetero) is 1. The topological polar surface area (TPSA) is 116 Å². The quantitative estimate of drug-likeness (QED) is 0.275. The van der Waals surface area contributed by atoms with E-state index in [1.165, 1.54) is 6.92 Å². The summed E-state index contributed by atoms with van der Waals surface area (Å²) in [5.74, 6) is -1.31. The first-order valence-corrected chi connectivity index (χ1v) is 11.1. The van der Waals surface area contributed by atoms with E-state index < -0.39 is 11.8 Å². The van der Waals surface area contributed by atoms with Gasteiger partial charge in [0.1, 0.15) is 5.69 Å². The van der Waals surface area contributed by atoms with Gasteiger partial charge in [0, 0.05) is 30.0 Å². The van der Waals surface area contributed by atoms with E-state index in [2.05, 4.69) is 46.9 Å². The summed E-state index contributed by atoms with van der Waals surface area (Å²) >= 11 is 6.71. The number of anilines is 2. The molecule has 3 rings (SSSR count). The Morgan fingerprint density at radius 3 is 2.25 bits per heavy atom. The van der Waals surface area contributed by atoms with Gasteiger partial charge in [-0.25, -0.2) is 9.78 Å². The van der Waals surface area contributed by atoms with Crippen molar-refractivity contribution in [2.75, 3.05) is 24.7 Å². The summed E-state index contributed by atoms with van der Waals surface area (Å²) in [6.45, 7) is 4.82. The predicted octanol–water partition coefficient (Wildman–Crippen LogP) is 4.22. The third-order valence-corrected chi connectivity index (χ3v) is 5.04. The average Bonchev–Trinajstić information content (AvgIpc) is 2.75. The van der Waals surface area contributed by atoms with Crippen LogP contribution in [0.3, 0.4) is 0 Å². The normalized spacial score (nSPS) is 9.72. The summed E-state index contributed by atoms with van der Waals surface area (Å²) < 4.78 is 7.91. The fourth-order valence-electron chi connectivity index (χ4n) is 2.42. The van der Waals surface area contributed by atoms with E-state index in [4.69, 9.17) is 5.73 Å². The molecule has 3 aromatic rings. The molecule has 172 valence electrons. The van der Waals surface area contributed by atoms with Gasteiger partial charge in [0.2, 0.25) is 5.78 Å². The number of carbonyl (C=O) groups is 2. The van der Waals surface area contributed by atoms with Gasteiger partial charge in [-0.1, -0.05) is 31.9 Å². The molecule has 2 aromatic carbocycles. The number of nitrogen functional groups attached to an aromatic ring is 1. The van der Waals surface area contributed by atoms with Gasteiger partial charge in [-0.2, -0.15) is 0 Å². The lowest BCUT2D eigenvalue weighted by atomic mass is 10.3. The Kier molecular flexibility index (Phi) is 11.1. The van der Waals surface area contributed by atoms with Crippen LogP contribution in [0.2, 0.25) is 0 Å². The van der Waals surface area contributed by atoms with Crippen molar-refractivity contribution in [3.05, 3.63) is 61.4 Å². The lowest BCUT2D eigenvalue weighted by Crippen LogP contribution is -2.20. The number of esters is 1. The second-order valence-electron chi connectivity index (χ2n) is 6.45.